The normalized spacial score (nSPS) is 15.3. The van der Waals surface area contributed by atoms with E-state index in [1.165, 1.54) is 89.1 Å². The highest BCUT2D eigenvalue weighted by molar-refractivity contribution is 6.12. The lowest BCUT2D eigenvalue weighted by atomic mass is 9.85. The molecule has 1 nitrogen and oxygen atoms in total. The molecule has 0 saturated heterocycles. The molecule has 8 rings (SSSR count). The van der Waals surface area contributed by atoms with Crippen molar-refractivity contribution in [3.05, 3.63) is 237 Å². The van der Waals surface area contributed by atoms with Gasteiger partial charge in [0.2, 0.25) is 0 Å². The van der Waals surface area contributed by atoms with Crippen LogP contribution in [0, 0.1) is 0 Å². The molecule has 0 aromatic heterocycles. The van der Waals surface area contributed by atoms with Crippen LogP contribution < -0.4 is 0 Å². The zero-order chi connectivity index (χ0) is 36.3. The Kier molecular flexibility index (Phi) is 9.76. The number of hydrogen-bond donors (Lipinski definition) is 0. The Morgan fingerprint density at radius 2 is 0.566 bits per heavy atom. The van der Waals surface area contributed by atoms with Crippen LogP contribution in [0.1, 0.15) is 84.0 Å². The number of rotatable bonds is 10. The average Bonchev–Trinajstić information content (AvgIpc) is 3.63. The van der Waals surface area contributed by atoms with Crippen molar-refractivity contribution in [2.75, 3.05) is 0 Å². The first kappa shape index (κ1) is 34.3. The Morgan fingerprint density at radius 3 is 0.849 bits per heavy atom. The summed E-state index contributed by atoms with van der Waals surface area (Å²) in [6.45, 7) is 10.4. The van der Waals surface area contributed by atoms with E-state index >= 15 is 0 Å². The number of hydrogen-bond acceptors (Lipinski definition) is 1. The molecule has 0 atom stereocenters. The lowest BCUT2D eigenvalue weighted by Gasteiger charge is -2.21. The molecule has 0 fully saturated rings. The second-order valence-corrected chi connectivity index (χ2v) is 14.5. The topological polar surface area (TPSA) is 9.23 Å². The zero-order valence-electron chi connectivity index (χ0n) is 31.1. The van der Waals surface area contributed by atoms with Crippen LogP contribution in [0.5, 0.6) is 0 Å². The molecule has 1 heteroatoms. The maximum absolute atomic E-state index is 6.73. The Hall–Kier alpha value is -5.76. The van der Waals surface area contributed by atoms with E-state index in [2.05, 4.69) is 198 Å². The summed E-state index contributed by atoms with van der Waals surface area (Å²) in [7, 11) is 0. The van der Waals surface area contributed by atoms with E-state index in [9.17, 15) is 0 Å². The molecular formula is C52H46O. The fraction of sp³-hybridized carbons (Fsp3) is 0.154. The van der Waals surface area contributed by atoms with Crippen molar-refractivity contribution >= 4 is 22.3 Å². The second kappa shape index (κ2) is 15.1. The third-order valence-electron chi connectivity index (χ3n) is 11.3. The van der Waals surface area contributed by atoms with E-state index in [1.807, 2.05) is 0 Å². The van der Waals surface area contributed by atoms with Gasteiger partial charge in [0.05, 0.1) is 13.2 Å². The fourth-order valence-corrected chi connectivity index (χ4v) is 9.02. The van der Waals surface area contributed by atoms with Crippen LogP contribution >= 0.6 is 0 Å². The minimum Gasteiger partial charge on any atom is -0.372 e. The van der Waals surface area contributed by atoms with Crippen molar-refractivity contribution in [2.45, 2.75) is 52.7 Å². The van der Waals surface area contributed by atoms with Crippen LogP contribution in [-0.4, -0.2) is 0 Å². The summed E-state index contributed by atoms with van der Waals surface area (Å²) < 4.78 is 6.73. The average molecular weight is 687 g/mol. The summed E-state index contributed by atoms with van der Waals surface area (Å²) in [4.78, 5) is 0. The van der Waals surface area contributed by atoms with Gasteiger partial charge in [-0.25, -0.2) is 0 Å². The first-order chi connectivity index (χ1) is 26.0. The molecule has 2 aliphatic carbocycles. The first-order valence-corrected chi connectivity index (χ1v) is 18.8. The Morgan fingerprint density at radius 1 is 0.321 bits per heavy atom. The molecule has 0 amide bonds. The predicted molar refractivity (Wildman–Crippen MR) is 223 cm³/mol. The van der Waals surface area contributed by atoms with Crippen molar-refractivity contribution in [1.29, 1.82) is 0 Å². The largest absolute Gasteiger partial charge is 0.372 e. The van der Waals surface area contributed by atoms with E-state index in [4.69, 9.17) is 4.74 Å². The first-order valence-electron chi connectivity index (χ1n) is 18.8. The minimum atomic E-state index is 0.180. The molecule has 260 valence electrons. The van der Waals surface area contributed by atoms with Crippen LogP contribution in [0.4, 0.5) is 0 Å². The second-order valence-electron chi connectivity index (χ2n) is 14.5. The quantitative estimate of drug-likeness (QED) is 0.139. The van der Waals surface area contributed by atoms with Gasteiger partial charge in [0.15, 0.2) is 0 Å². The molecule has 0 aliphatic heterocycles. The van der Waals surface area contributed by atoms with E-state index in [0.717, 1.165) is 0 Å². The van der Waals surface area contributed by atoms with Crippen molar-refractivity contribution in [3.63, 3.8) is 0 Å². The maximum atomic E-state index is 6.73. The third kappa shape index (κ3) is 6.47. The molecule has 0 saturated carbocycles. The molecule has 0 bridgehead atoms. The number of ether oxygens (including phenoxy) is 1. The van der Waals surface area contributed by atoms with Gasteiger partial charge < -0.3 is 4.74 Å². The molecule has 0 heterocycles. The van der Waals surface area contributed by atoms with Crippen molar-refractivity contribution in [1.82, 2.24) is 0 Å². The Labute approximate surface area is 315 Å². The SMILES string of the molecule is CC1=C(c2ccccc2)C(c2ccccc2)=C(C)C1c1ccccc1COCc1ccccc1C1C(C)=C(c2ccccc2)C(c2ccccc2)=C1C. The third-order valence-corrected chi connectivity index (χ3v) is 11.3. The Balaban J connectivity index is 1.12. The van der Waals surface area contributed by atoms with Crippen molar-refractivity contribution < 1.29 is 4.74 Å². The van der Waals surface area contributed by atoms with Gasteiger partial charge in [-0.05, 0) is 94.5 Å². The smallest absolute Gasteiger partial charge is 0.0724 e. The van der Waals surface area contributed by atoms with Crippen LogP contribution in [0.25, 0.3) is 22.3 Å². The summed E-state index contributed by atoms with van der Waals surface area (Å²) in [5, 5.41) is 0. The summed E-state index contributed by atoms with van der Waals surface area (Å²) in [6, 6.07) is 61.3. The van der Waals surface area contributed by atoms with Crippen LogP contribution in [-0.2, 0) is 18.0 Å². The highest BCUT2D eigenvalue weighted by Crippen LogP contribution is 2.53. The van der Waals surface area contributed by atoms with Crippen molar-refractivity contribution in [3.8, 4) is 0 Å². The lowest BCUT2D eigenvalue weighted by Crippen LogP contribution is -2.08. The number of allylic oxidation sites excluding steroid dienone is 8. The summed E-state index contributed by atoms with van der Waals surface area (Å²) in [6.07, 6.45) is 0. The van der Waals surface area contributed by atoms with Gasteiger partial charge in [0.1, 0.15) is 0 Å². The van der Waals surface area contributed by atoms with Crippen LogP contribution in [0.3, 0.4) is 0 Å². The standard InChI is InChI=1S/C52H46O/c1-35-47(36(2)50(40-23-11-6-12-24-40)49(35)39-21-9-5-10-22-39)45-31-19-17-29-43(45)33-53-34-44-30-18-20-32-46(44)48-37(3)51(41-25-13-7-14-26-41)52(38(48)4)42-27-15-8-16-28-42/h5-32,47-48H,33-34H2,1-4H3. The van der Waals surface area contributed by atoms with Crippen LogP contribution in [0.2, 0.25) is 0 Å². The van der Waals surface area contributed by atoms with E-state index < -0.39 is 0 Å². The van der Waals surface area contributed by atoms with Gasteiger partial charge in [0.25, 0.3) is 0 Å². The molecular weight excluding hydrogens is 641 g/mol. The maximum Gasteiger partial charge on any atom is 0.0724 e. The minimum absolute atomic E-state index is 0.180. The highest BCUT2D eigenvalue weighted by atomic mass is 16.5. The molecule has 0 spiro atoms. The molecule has 6 aromatic carbocycles. The van der Waals surface area contributed by atoms with E-state index in [0.29, 0.717) is 13.2 Å². The molecule has 0 unspecified atom stereocenters. The monoisotopic (exact) mass is 686 g/mol. The summed E-state index contributed by atoms with van der Waals surface area (Å²) in [5.74, 6) is 0.360. The van der Waals surface area contributed by atoms with Gasteiger partial charge in [-0.1, -0.05) is 192 Å². The zero-order valence-corrected chi connectivity index (χ0v) is 31.1. The van der Waals surface area contributed by atoms with E-state index in [1.54, 1.807) is 0 Å². The fourth-order valence-electron chi connectivity index (χ4n) is 9.02. The number of benzene rings is 6. The van der Waals surface area contributed by atoms with Crippen molar-refractivity contribution in [2.24, 2.45) is 0 Å². The Bertz CT molecular complexity index is 2080. The predicted octanol–water partition coefficient (Wildman–Crippen LogP) is 13.5. The molecule has 2 aliphatic rings. The van der Waals surface area contributed by atoms with Gasteiger partial charge in [-0.15, -0.1) is 0 Å². The molecule has 0 radical (unpaired) electrons. The molecule has 0 N–H and O–H groups in total. The van der Waals surface area contributed by atoms with E-state index in [-0.39, 0.29) is 11.8 Å². The van der Waals surface area contributed by atoms with Gasteiger partial charge >= 0.3 is 0 Å². The lowest BCUT2D eigenvalue weighted by molar-refractivity contribution is 0.106. The highest BCUT2D eigenvalue weighted by Gasteiger charge is 2.34. The van der Waals surface area contributed by atoms with Crippen LogP contribution in [0.15, 0.2) is 192 Å². The molecule has 6 aromatic rings. The molecule has 53 heavy (non-hydrogen) atoms. The summed E-state index contributed by atoms with van der Waals surface area (Å²) in [5.41, 5.74) is 21.1. The van der Waals surface area contributed by atoms with Gasteiger partial charge in [0, 0.05) is 11.8 Å². The van der Waals surface area contributed by atoms with Gasteiger partial charge in [-0.3, -0.25) is 0 Å². The summed E-state index contributed by atoms with van der Waals surface area (Å²) >= 11 is 0. The van der Waals surface area contributed by atoms with Gasteiger partial charge in [-0.2, -0.15) is 0 Å².